The van der Waals surface area contributed by atoms with Gasteiger partial charge in [-0.15, -0.1) is 0 Å². The van der Waals surface area contributed by atoms with Crippen molar-refractivity contribution in [1.82, 2.24) is 15.6 Å². The minimum atomic E-state index is -1.01. The van der Waals surface area contributed by atoms with Crippen molar-refractivity contribution in [1.29, 1.82) is 0 Å². The normalized spacial score (nSPS) is 19.6. The summed E-state index contributed by atoms with van der Waals surface area (Å²) in [5.74, 6) is -0.544. The third kappa shape index (κ3) is 4.56. The summed E-state index contributed by atoms with van der Waals surface area (Å²) in [6.45, 7) is 0. The summed E-state index contributed by atoms with van der Waals surface area (Å²) in [6.07, 6.45) is 3.33. The topological polar surface area (TPSA) is 91.3 Å². The van der Waals surface area contributed by atoms with Crippen LogP contribution >= 0.6 is 0 Å². The first-order valence-electron chi connectivity index (χ1n) is 8.53. The average molecular weight is 357 g/mol. The smallest absolute Gasteiger partial charge is 0.404 e. The van der Waals surface area contributed by atoms with Gasteiger partial charge in [0, 0.05) is 23.8 Å². The van der Waals surface area contributed by atoms with Crippen LogP contribution in [0.15, 0.2) is 42.6 Å². The van der Waals surface area contributed by atoms with E-state index in [1.807, 2.05) is 0 Å². The zero-order valence-electron chi connectivity index (χ0n) is 14.1. The first kappa shape index (κ1) is 17.8. The van der Waals surface area contributed by atoms with Gasteiger partial charge in [0.1, 0.15) is 5.82 Å². The molecule has 0 bridgehead atoms. The van der Waals surface area contributed by atoms with E-state index in [1.165, 1.54) is 18.3 Å². The largest absolute Gasteiger partial charge is 0.465 e. The number of hydrogen-bond donors (Lipinski definition) is 3. The molecule has 1 aliphatic rings. The summed E-state index contributed by atoms with van der Waals surface area (Å²) < 4.78 is 13.3. The van der Waals surface area contributed by atoms with Gasteiger partial charge in [-0.2, -0.15) is 0 Å². The van der Waals surface area contributed by atoms with Crippen molar-refractivity contribution in [3.05, 3.63) is 54.0 Å². The van der Waals surface area contributed by atoms with Crippen LogP contribution in [0.2, 0.25) is 0 Å². The maximum atomic E-state index is 13.3. The molecule has 2 amide bonds. The summed E-state index contributed by atoms with van der Waals surface area (Å²) in [4.78, 5) is 27.3. The Kier molecular flexibility index (Phi) is 5.46. The summed E-state index contributed by atoms with van der Waals surface area (Å²) in [5, 5.41) is 14.2. The lowest BCUT2D eigenvalue weighted by atomic mass is 9.91. The van der Waals surface area contributed by atoms with E-state index in [4.69, 9.17) is 5.11 Å². The predicted molar refractivity (Wildman–Crippen MR) is 94.3 cm³/mol. The summed E-state index contributed by atoms with van der Waals surface area (Å²) in [5.41, 5.74) is 1.69. The second-order valence-corrected chi connectivity index (χ2v) is 6.41. The van der Waals surface area contributed by atoms with E-state index in [2.05, 4.69) is 15.6 Å². The molecule has 0 unspecified atom stereocenters. The number of carbonyl (C=O) groups is 2. The third-order valence-electron chi connectivity index (χ3n) is 4.54. The number of pyridine rings is 1. The molecular formula is C19H20FN3O3. The predicted octanol–water partition coefficient (Wildman–Crippen LogP) is 3.20. The number of amides is 2. The van der Waals surface area contributed by atoms with Gasteiger partial charge in [0.05, 0.1) is 11.3 Å². The maximum absolute atomic E-state index is 13.3. The van der Waals surface area contributed by atoms with Crippen LogP contribution in [0.1, 0.15) is 36.0 Å². The number of benzene rings is 1. The molecule has 3 rings (SSSR count). The molecule has 136 valence electrons. The minimum Gasteiger partial charge on any atom is -0.465 e. The fraction of sp³-hybridized carbons (Fsp3) is 0.316. The van der Waals surface area contributed by atoms with Crippen molar-refractivity contribution >= 4 is 12.0 Å². The van der Waals surface area contributed by atoms with Gasteiger partial charge < -0.3 is 15.7 Å². The number of rotatable bonds is 4. The molecule has 2 aromatic rings. The standard InChI is InChI=1S/C19H20FN3O3/c20-14-3-1-2-12(10-14)17-9-4-13(11-21-17)18(24)22-15-5-7-16(8-6-15)23-19(25)26/h1-4,9-11,15-16,23H,5-8H2,(H,22,24)(H,25,26). The molecule has 1 aromatic heterocycles. The molecule has 6 nitrogen and oxygen atoms in total. The van der Waals surface area contributed by atoms with Crippen LogP contribution in [0.3, 0.4) is 0 Å². The van der Waals surface area contributed by atoms with Gasteiger partial charge in [-0.05, 0) is 49.9 Å². The van der Waals surface area contributed by atoms with Gasteiger partial charge in [0.2, 0.25) is 0 Å². The molecule has 1 aliphatic carbocycles. The Balaban J connectivity index is 1.56. The molecule has 0 atom stereocenters. The quantitative estimate of drug-likeness (QED) is 0.784. The van der Waals surface area contributed by atoms with E-state index in [-0.39, 0.29) is 23.8 Å². The van der Waals surface area contributed by atoms with E-state index >= 15 is 0 Å². The number of carbonyl (C=O) groups excluding carboxylic acids is 1. The highest BCUT2D eigenvalue weighted by molar-refractivity contribution is 5.94. The molecule has 0 spiro atoms. The van der Waals surface area contributed by atoms with E-state index in [0.717, 1.165) is 12.8 Å². The van der Waals surface area contributed by atoms with Gasteiger partial charge in [-0.25, -0.2) is 9.18 Å². The Hall–Kier alpha value is -2.96. The van der Waals surface area contributed by atoms with Crippen LogP contribution in [0.4, 0.5) is 9.18 Å². The number of hydrogen-bond acceptors (Lipinski definition) is 3. The third-order valence-corrected chi connectivity index (χ3v) is 4.54. The molecule has 1 fully saturated rings. The van der Waals surface area contributed by atoms with Gasteiger partial charge >= 0.3 is 6.09 Å². The van der Waals surface area contributed by atoms with Gasteiger partial charge in [-0.1, -0.05) is 12.1 Å². The van der Waals surface area contributed by atoms with Crippen molar-refractivity contribution in [3.8, 4) is 11.3 Å². The maximum Gasteiger partial charge on any atom is 0.404 e. The average Bonchev–Trinajstić information content (AvgIpc) is 2.63. The highest BCUT2D eigenvalue weighted by Gasteiger charge is 2.23. The SMILES string of the molecule is O=C(O)NC1CCC(NC(=O)c2ccc(-c3cccc(F)c3)nc2)CC1. The van der Waals surface area contributed by atoms with Crippen LogP contribution < -0.4 is 10.6 Å². The van der Waals surface area contributed by atoms with Crippen LogP contribution in [0.5, 0.6) is 0 Å². The number of aromatic nitrogens is 1. The second-order valence-electron chi connectivity index (χ2n) is 6.41. The zero-order chi connectivity index (χ0) is 18.5. The monoisotopic (exact) mass is 357 g/mol. The van der Waals surface area contributed by atoms with E-state index in [1.54, 1.807) is 24.3 Å². The molecule has 0 aliphatic heterocycles. The van der Waals surface area contributed by atoms with Crippen LogP contribution in [-0.2, 0) is 0 Å². The summed E-state index contributed by atoms with van der Waals surface area (Å²) >= 11 is 0. The first-order valence-corrected chi connectivity index (χ1v) is 8.53. The lowest BCUT2D eigenvalue weighted by Crippen LogP contribution is -2.43. The van der Waals surface area contributed by atoms with Crippen LogP contribution in [0, 0.1) is 5.82 Å². The van der Waals surface area contributed by atoms with Crippen LogP contribution in [0.25, 0.3) is 11.3 Å². The number of carboxylic acid groups (broad SMARTS) is 1. The zero-order valence-corrected chi connectivity index (χ0v) is 14.1. The molecule has 26 heavy (non-hydrogen) atoms. The van der Waals surface area contributed by atoms with Crippen molar-refractivity contribution in [2.45, 2.75) is 37.8 Å². The lowest BCUT2D eigenvalue weighted by Gasteiger charge is -2.28. The fourth-order valence-electron chi connectivity index (χ4n) is 3.17. The number of nitrogens with one attached hydrogen (secondary N) is 2. The fourth-order valence-corrected chi connectivity index (χ4v) is 3.17. The second kappa shape index (κ2) is 7.95. The van der Waals surface area contributed by atoms with Crippen LogP contribution in [-0.4, -0.2) is 34.2 Å². The minimum absolute atomic E-state index is 0.0252. The highest BCUT2D eigenvalue weighted by Crippen LogP contribution is 2.20. The van der Waals surface area contributed by atoms with Crippen molar-refractivity contribution in [2.75, 3.05) is 0 Å². The number of halogens is 1. The highest BCUT2D eigenvalue weighted by atomic mass is 19.1. The Morgan fingerprint density at radius 3 is 2.31 bits per heavy atom. The molecule has 0 radical (unpaired) electrons. The van der Waals surface area contributed by atoms with E-state index in [0.29, 0.717) is 29.7 Å². The molecule has 3 N–H and O–H groups in total. The van der Waals surface area contributed by atoms with E-state index in [9.17, 15) is 14.0 Å². The van der Waals surface area contributed by atoms with Gasteiger partial charge in [-0.3, -0.25) is 9.78 Å². The van der Waals surface area contributed by atoms with Crippen molar-refractivity contribution in [2.24, 2.45) is 0 Å². The molecule has 1 saturated carbocycles. The Morgan fingerprint density at radius 2 is 1.73 bits per heavy atom. The molecule has 7 heteroatoms. The Labute approximate surface area is 150 Å². The van der Waals surface area contributed by atoms with Crippen molar-refractivity contribution < 1.29 is 19.1 Å². The molecule has 0 saturated heterocycles. The molecule has 1 aromatic carbocycles. The lowest BCUT2D eigenvalue weighted by molar-refractivity contribution is 0.0922. The van der Waals surface area contributed by atoms with Gasteiger partial charge in [0.15, 0.2) is 0 Å². The van der Waals surface area contributed by atoms with Crippen molar-refractivity contribution in [3.63, 3.8) is 0 Å². The van der Waals surface area contributed by atoms with E-state index < -0.39 is 6.09 Å². The molecular weight excluding hydrogens is 337 g/mol. The summed E-state index contributed by atoms with van der Waals surface area (Å²) in [7, 11) is 0. The Morgan fingerprint density at radius 1 is 1.04 bits per heavy atom. The number of nitrogens with zero attached hydrogens (tertiary/aromatic N) is 1. The molecule has 1 heterocycles. The van der Waals surface area contributed by atoms with Gasteiger partial charge in [0.25, 0.3) is 5.91 Å². The summed E-state index contributed by atoms with van der Waals surface area (Å²) in [6, 6.07) is 9.47. The Bertz CT molecular complexity index is 787. The first-order chi connectivity index (χ1) is 12.5.